The maximum atomic E-state index is 12.0. The van der Waals surface area contributed by atoms with Gasteiger partial charge in [0.25, 0.3) is 5.91 Å². The van der Waals surface area contributed by atoms with Gasteiger partial charge in [-0.05, 0) is 22.0 Å². The van der Waals surface area contributed by atoms with E-state index >= 15 is 0 Å². The first kappa shape index (κ1) is 15.2. The van der Waals surface area contributed by atoms with Gasteiger partial charge in [0.05, 0.1) is 12.0 Å². The Hall–Kier alpha value is -0.820. The Bertz CT molecular complexity index is 453. The Morgan fingerprint density at radius 2 is 2.17 bits per heavy atom. The number of halogens is 5. The molecule has 0 N–H and O–H groups in total. The Morgan fingerprint density at radius 3 is 2.72 bits per heavy atom. The monoisotopic (exact) mass is 344 g/mol. The van der Waals surface area contributed by atoms with Crippen LogP contribution in [0.15, 0.2) is 16.7 Å². The predicted molar refractivity (Wildman–Crippen MR) is 64.6 cm³/mol. The lowest BCUT2D eigenvalue weighted by atomic mass is 10.2. The molecular formula is C10H9BrClF3N2O. The summed E-state index contributed by atoms with van der Waals surface area (Å²) in [4.78, 5) is 16.5. The van der Waals surface area contributed by atoms with E-state index in [0.717, 1.165) is 4.90 Å². The van der Waals surface area contributed by atoms with Crippen molar-refractivity contribution in [2.24, 2.45) is 0 Å². The van der Waals surface area contributed by atoms with Gasteiger partial charge in [-0.3, -0.25) is 4.79 Å². The highest BCUT2D eigenvalue weighted by atomic mass is 79.9. The van der Waals surface area contributed by atoms with Crippen LogP contribution in [0.25, 0.3) is 0 Å². The molecule has 8 heteroatoms. The first-order valence-corrected chi connectivity index (χ1v) is 6.01. The number of aromatic nitrogens is 1. The first-order valence-electron chi connectivity index (χ1n) is 4.84. The molecule has 1 aromatic heterocycles. The van der Waals surface area contributed by atoms with Gasteiger partial charge < -0.3 is 4.90 Å². The number of hydrogen-bond acceptors (Lipinski definition) is 2. The SMILES string of the molecule is CN(CCC(F)(F)F)C(=O)c1cc(Br)cnc1Cl. The van der Waals surface area contributed by atoms with Crippen LogP contribution < -0.4 is 0 Å². The molecule has 0 aliphatic heterocycles. The van der Waals surface area contributed by atoms with Gasteiger partial charge in [0.15, 0.2) is 0 Å². The highest BCUT2D eigenvalue weighted by Crippen LogP contribution is 2.22. The summed E-state index contributed by atoms with van der Waals surface area (Å²) in [5.41, 5.74) is 0.0655. The second-order valence-electron chi connectivity index (χ2n) is 3.58. The van der Waals surface area contributed by atoms with Crippen molar-refractivity contribution in [3.63, 3.8) is 0 Å². The van der Waals surface area contributed by atoms with Gasteiger partial charge in [-0.2, -0.15) is 13.2 Å². The molecule has 3 nitrogen and oxygen atoms in total. The fourth-order valence-corrected chi connectivity index (χ4v) is 1.69. The highest BCUT2D eigenvalue weighted by Gasteiger charge is 2.28. The third-order valence-electron chi connectivity index (χ3n) is 2.11. The summed E-state index contributed by atoms with van der Waals surface area (Å²) in [5, 5.41) is -0.0398. The summed E-state index contributed by atoms with van der Waals surface area (Å²) in [5.74, 6) is -0.599. The van der Waals surface area contributed by atoms with Crippen molar-refractivity contribution in [2.75, 3.05) is 13.6 Å². The summed E-state index contributed by atoms with van der Waals surface area (Å²) in [7, 11) is 1.28. The van der Waals surface area contributed by atoms with Crippen molar-refractivity contribution < 1.29 is 18.0 Å². The molecule has 0 radical (unpaired) electrons. The van der Waals surface area contributed by atoms with Gasteiger partial charge in [0.1, 0.15) is 5.15 Å². The van der Waals surface area contributed by atoms with E-state index in [-0.39, 0.29) is 10.7 Å². The smallest absolute Gasteiger partial charge is 0.341 e. The zero-order valence-corrected chi connectivity index (χ0v) is 11.6. The largest absolute Gasteiger partial charge is 0.390 e. The molecule has 1 aromatic rings. The summed E-state index contributed by atoms with van der Waals surface area (Å²) >= 11 is 8.84. The third kappa shape index (κ3) is 4.45. The van der Waals surface area contributed by atoms with Gasteiger partial charge >= 0.3 is 6.18 Å². The summed E-state index contributed by atoms with van der Waals surface area (Å²) in [6, 6.07) is 1.42. The standard InChI is InChI=1S/C10H9BrClF3N2O/c1-17(3-2-10(13,14)15)9(18)7-4-6(11)5-16-8(7)12/h4-5H,2-3H2,1H3. The fraction of sp³-hybridized carbons (Fsp3) is 0.400. The van der Waals surface area contributed by atoms with Crippen LogP contribution in [0.2, 0.25) is 5.15 Å². The maximum absolute atomic E-state index is 12.0. The van der Waals surface area contributed by atoms with E-state index in [1.807, 2.05) is 0 Å². The number of pyridine rings is 1. The first-order chi connectivity index (χ1) is 8.20. The lowest BCUT2D eigenvalue weighted by Gasteiger charge is -2.18. The van der Waals surface area contributed by atoms with E-state index in [2.05, 4.69) is 20.9 Å². The molecule has 0 aromatic carbocycles. The topological polar surface area (TPSA) is 33.2 Å². The number of hydrogen-bond donors (Lipinski definition) is 0. The average molecular weight is 346 g/mol. The number of nitrogens with zero attached hydrogens (tertiary/aromatic N) is 2. The van der Waals surface area contributed by atoms with Crippen LogP contribution in [0, 0.1) is 0 Å². The Morgan fingerprint density at radius 1 is 1.56 bits per heavy atom. The number of carbonyl (C=O) groups excluding carboxylic acids is 1. The number of alkyl halides is 3. The van der Waals surface area contributed by atoms with Gasteiger partial charge in [-0.25, -0.2) is 4.98 Å². The summed E-state index contributed by atoms with van der Waals surface area (Å²) in [6.07, 6.45) is -3.96. The summed E-state index contributed by atoms with van der Waals surface area (Å²) < 4.78 is 36.7. The van der Waals surface area contributed by atoms with Crippen molar-refractivity contribution in [3.8, 4) is 0 Å². The van der Waals surface area contributed by atoms with Gasteiger partial charge in [-0.1, -0.05) is 11.6 Å². The van der Waals surface area contributed by atoms with Crippen LogP contribution in [0.1, 0.15) is 16.8 Å². The minimum atomic E-state index is -4.30. The minimum Gasteiger partial charge on any atom is -0.341 e. The summed E-state index contributed by atoms with van der Waals surface area (Å²) in [6.45, 7) is -0.425. The van der Waals surface area contributed by atoms with Crippen LogP contribution in [-0.2, 0) is 0 Å². The molecule has 0 atom stereocenters. The quantitative estimate of drug-likeness (QED) is 0.785. The second-order valence-corrected chi connectivity index (χ2v) is 4.86. The van der Waals surface area contributed by atoms with Gasteiger partial charge in [0.2, 0.25) is 0 Å². The van der Waals surface area contributed by atoms with Crippen molar-refractivity contribution >= 4 is 33.4 Å². The van der Waals surface area contributed by atoms with Crippen LogP contribution in [0.3, 0.4) is 0 Å². The molecule has 0 fully saturated rings. The zero-order valence-electron chi connectivity index (χ0n) is 9.26. The normalized spacial score (nSPS) is 11.4. The van der Waals surface area contributed by atoms with Crippen molar-refractivity contribution in [1.82, 2.24) is 9.88 Å². The predicted octanol–water partition coefficient (Wildman–Crippen LogP) is 3.52. The van der Waals surface area contributed by atoms with E-state index in [1.165, 1.54) is 19.3 Å². The van der Waals surface area contributed by atoms with Crippen molar-refractivity contribution in [3.05, 3.63) is 27.5 Å². The van der Waals surface area contributed by atoms with E-state index in [1.54, 1.807) is 0 Å². The minimum absolute atomic E-state index is 0.0398. The fourth-order valence-electron chi connectivity index (χ4n) is 1.17. The molecule has 1 heterocycles. The molecule has 18 heavy (non-hydrogen) atoms. The highest BCUT2D eigenvalue weighted by molar-refractivity contribution is 9.10. The Labute approximate surface area is 115 Å². The van der Waals surface area contributed by atoms with Gasteiger partial charge in [0, 0.05) is 24.3 Å². The molecule has 1 amide bonds. The Balaban J connectivity index is 2.77. The molecule has 0 unspecified atom stereocenters. The molecule has 0 bridgehead atoms. The van der Waals surface area contributed by atoms with Crippen LogP contribution in [0.5, 0.6) is 0 Å². The average Bonchev–Trinajstić information content (AvgIpc) is 2.27. The van der Waals surface area contributed by atoms with Crippen LogP contribution in [0.4, 0.5) is 13.2 Å². The molecule has 0 aliphatic rings. The molecule has 0 spiro atoms. The molecule has 100 valence electrons. The molecule has 1 rings (SSSR count). The number of carbonyl (C=O) groups is 1. The molecular weight excluding hydrogens is 336 g/mol. The van der Waals surface area contributed by atoms with Gasteiger partial charge in [-0.15, -0.1) is 0 Å². The van der Waals surface area contributed by atoms with E-state index in [9.17, 15) is 18.0 Å². The molecule has 0 saturated heterocycles. The second kappa shape index (κ2) is 5.88. The van der Waals surface area contributed by atoms with E-state index in [0.29, 0.717) is 4.47 Å². The number of amides is 1. The Kier molecular flexibility index (Phi) is 4.98. The lowest BCUT2D eigenvalue weighted by Crippen LogP contribution is -2.30. The maximum Gasteiger partial charge on any atom is 0.390 e. The molecule has 0 aliphatic carbocycles. The van der Waals surface area contributed by atoms with Crippen molar-refractivity contribution in [1.29, 1.82) is 0 Å². The zero-order chi connectivity index (χ0) is 13.9. The van der Waals surface area contributed by atoms with Crippen molar-refractivity contribution in [2.45, 2.75) is 12.6 Å². The van der Waals surface area contributed by atoms with E-state index in [4.69, 9.17) is 11.6 Å². The molecule has 0 saturated carbocycles. The number of rotatable bonds is 3. The third-order valence-corrected chi connectivity index (χ3v) is 2.85. The lowest BCUT2D eigenvalue weighted by molar-refractivity contribution is -0.136. The van der Waals surface area contributed by atoms with E-state index < -0.39 is 25.0 Å². The van der Waals surface area contributed by atoms with Crippen LogP contribution in [-0.4, -0.2) is 35.6 Å². The van der Waals surface area contributed by atoms with Crippen LogP contribution >= 0.6 is 27.5 Å².